The average Bonchev–Trinajstić information content (AvgIpc) is 2.38. The maximum Gasteiger partial charge on any atom is 0.573 e. The van der Waals surface area contributed by atoms with Crippen LogP contribution in [0.1, 0.15) is 26.2 Å². The molecular weight excluding hydrogens is 271 g/mol. The molecule has 1 aromatic rings. The molecule has 0 fully saturated rings. The van der Waals surface area contributed by atoms with E-state index in [0.29, 0.717) is 12.4 Å². The van der Waals surface area contributed by atoms with E-state index in [1.807, 2.05) is 0 Å². The lowest BCUT2D eigenvalue weighted by Crippen LogP contribution is -2.16. The molecule has 20 heavy (non-hydrogen) atoms. The van der Waals surface area contributed by atoms with E-state index in [9.17, 15) is 13.2 Å². The third kappa shape index (κ3) is 7.89. The molecule has 3 nitrogen and oxygen atoms in total. The summed E-state index contributed by atoms with van der Waals surface area (Å²) < 4.78 is 45.1. The Kier molecular flexibility index (Phi) is 7.22. The van der Waals surface area contributed by atoms with Gasteiger partial charge >= 0.3 is 6.36 Å². The van der Waals surface area contributed by atoms with E-state index in [1.54, 1.807) is 0 Å². The first-order valence-corrected chi connectivity index (χ1v) is 6.70. The Hall–Kier alpha value is -1.43. The Morgan fingerprint density at radius 1 is 1.00 bits per heavy atom. The number of ether oxygens (including phenoxy) is 2. The standard InChI is InChI=1S/C14H20F3NO2/c1-2-18-10-4-3-5-11-19-12-6-8-13(9-7-12)20-14(15,16)17/h6-9,18H,2-5,10-11H2,1H3. The van der Waals surface area contributed by atoms with Gasteiger partial charge in [-0.15, -0.1) is 13.2 Å². The average molecular weight is 291 g/mol. The van der Waals surface area contributed by atoms with E-state index >= 15 is 0 Å². The van der Waals surface area contributed by atoms with Gasteiger partial charge in [0.05, 0.1) is 6.61 Å². The molecule has 1 rings (SSSR count). The van der Waals surface area contributed by atoms with Crippen molar-refractivity contribution in [3.63, 3.8) is 0 Å². The Morgan fingerprint density at radius 3 is 2.25 bits per heavy atom. The SMILES string of the molecule is CCNCCCCCOc1ccc(OC(F)(F)F)cc1. The molecule has 0 aromatic heterocycles. The molecule has 1 aromatic carbocycles. The number of unbranched alkanes of at least 4 members (excludes halogenated alkanes) is 2. The highest BCUT2D eigenvalue weighted by molar-refractivity contribution is 5.31. The van der Waals surface area contributed by atoms with Crippen LogP contribution >= 0.6 is 0 Å². The molecule has 0 heterocycles. The van der Waals surface area contributed by atoms with Crippen molar-refractivity contribution in [3.05, 3.63) is 24.3 Å². The Balaban J connectivity index is 2.18. The summed E-state index contributed by atoms with van der Waals surface area (Å²) >= 11 is 0. The smallest absolute Gasteiger partial charge is 0.494 e. The van der Waals surface area contributed by atoms with Crippen molar-refractivity contribution in [2.75, 3.05) is 19.7 Å². The molecule has 0 bridgehead atoms. The van der Waals surface area contributed by atoms with Crippen LogP contribution in [0, 0.1) is 0 Å². The second kappa shape index (κ2) is 8.68. The predicted octanol–water partition coefficient (Wildman–Crippen LogP) is 3.74. The third-order valence-electron chi connectivity index (χ3n) is 2.57. The van der Waals surface area contributed by atoms with Gasteiger partial charge in [0, 0.05) is 0 Å². The van der Waals surface area contributed by atoms with Gasteiger partial charge in [-0.2, -0.15) is 0 Å². The molecule has 6 heteroatoms. The summed E-state index contributed by atoms with van der Waals surface area (Å²) in [7, 11) is 0. The fourth-order valence-electron chi connectivity index (χ4n) is 1.63. The second-order valence-electron chi connectivity index (χ2n) is 4.28. The summed E-state index contributed by atoms with van der Waals surface area (Å²) in [6.07, 6.45) is -1.58. The molecule has 0 saturated heterocycles. The summed E-state index contributed by atoms with van der Waals surface area (Å²) in [4.78, 5) is 0. The van der Waals surface area contributed by atoms with Gasteiger partial charge in [-0.1, -0.05) is 6.92 Å². The Morgan fingerprint density at radius 2 is 1.65 bits per heavy atom. The number of rotatable bonds is 9. The van der Waals surface area contributed by atoms with Gasteiger partial charge in [-0.3, -0.25) is 0 Å². The van der Waals surface area contributed by atoms with Crippen molar-refractivity contribution in [2.24, 2.45) is 0 Å². The number of alkyl halides is 3. The van der Waals surface area contributed by atoms with Crippen molar-refractivity contribution < 1.29 is 22.6 Å². The minimum Gasteiger partial charge on any atom is -0.494 e. The van der Waals surface area contributed by atoms with E-state index in [4.69, 9.17) is 4.74 Å². The van der Waals surface area contributed by atoms with Gasteiger partial charge in [-0.25, -0.2) is 0 Å². The summed E-state index contributed by atoms with van der Waals surface area (Å²) in [5.74, 6) is 0.307. The Labute approximate surface area is 117 Å². The van der Waals surface area contributed by atoms with Crippen molar-refractivity contribution in [1.82, 2.24) is 5.32 Å². The minimum absolute atomic E-state index is 0.240. The lowest BCUT2D eigenvalue weighted by molar-refractivity contribution is -0.274. The van der Waals surface area contributed by atoms with Gasteiger partial charge in [-0.05, 0) is 56.6 Å². The Bertz CT molecular complexity index is 366. The monoisotopic (exact) mass is 291 g/mol. The highest BCUT2D eigenvalue weighted by Gasteiger charge is 2.30. The van der Waals surface area contributed by atoms with Crippen LogP contribution in [-0.2, 0) is 0 Å². The van der Waals surface area contributed by atoms with E-state index in [-0.39, 0.29) is 5.75 Å². The maximum absolute atomic E-state index is 12.0. The normalized spacial score (nSPS) is 11.4. The molecule has 0 amide bonds. The number of hydrogen-bond acceptors (Lipinski definition) is 3. The van der Waals surface area contributed by atoms with Crippen molar-refractivity contribution >= 4 is 0 Å². The number of benzene rings is 1. The molecular formula is C14H20F3NO2. The van der Waals surface area contributed by atoms with Crippen LogP contribution in [-0.4, -0.2) is 26.1 Å². The van der Waals surface area contributed by atoms with Crippen LogP contribution in [0.25, 0.3) is 0 Å². The molecule has 0 radical (unpaired) electrons. The summed E-state index contributed by atoms with van der Waals surface area (Å²) in [5.41, 5.74) is 0. The molecule has 0 aliphatic carbocycles. The number of halogens is 3. The second-order valence-corrected chi connectivity index (χ2v) is 4.28. The fraction of sp³-hybridized carbons (Fsp3) is 0.571. The summed E-state index contributed by atoms with van der Waals surface area (Å²) in [6, 6.07) is 5.43. The van der Waals surface area contributed by atoms with Gasteiger partial charge in [0.2, 0.25) is 0 Å². The zero-order chi connectivity index (χ0) is 14.8. The fourth-order valence-corrected chi connectivity index (χ4v) is 1.63. The quantitative estimate of drug-likeness (QED) is 0.703. The molecule has 0 unspecified atom stereocenters. The number of hydrogen-bond donors (Lipinski definition) is 1. The lowest BCUT2D eigenvalue weighted by atomic mass is 10.2. The number of nitrogens with one attached hydrogen (secondary N) is 1. The van der Waals surface area contributed by atoms with Gasteiger partial charge in [0.25, 0.3) is 0 Å². The molecule has 0 aliphatic rings. The lowest BCUT2D eigenvalue weighted by Gasteiger charge is -2.10. The van der Waals surface area contributed by atoms with E-state index in [1.165, 1.54) is 24.3 Å². The van der Waals surface area contributed by atoms with Gasteiger partial charge in [0.15, 0.2) is 0 Å². The van der Waals surface area contributed by atoms with Crippen molar-refractivity contribution in [1.29, 1.82) is 0 Å². The first-order valence-electron chi connectivity index (χ1n) is 6.70. The van der Waals surface area contributed by atoms with Crippen molar-refractivity contribution in [2.45, 2.75) is 32.5 Å². The molecule has 0 saturated carbocycles. The van der Waals surface area contributed by atoms with E-state index < -0.39 is 6.36 Å². The van der Waals surface area contributed by atoms with E-state index in [2.05, 4.69) is 17.0 Å². The first-order chi connectivity index (χ1) is 9.51. The molecule has 114 valence electrons. The highest BCUT2D eigenvalue weighted by Crippen LogP contribution is 2.24. The molecule has 0 spiro atoms. The molecule has 0 aliphatic heterocycles. The van der Waals surface area contributed by atoms with Crippen LogP contribution in [0.15, 0.2) is 24.3 Å². The van der Waals surface area contributed by atoms with Crippen LogP contribution < -0.4 is 14.8 Å². The highest BCUT2D eigenvalue weighted by atomic mass is 19.4. The van der Waals surface area contributed by atoms with Gasteiger partial charge < -0.3 is 14.8 Å². The largest absolute Gasteiger partial charge is 0.573 e. The summed E-state index contributed by atoms with van der Waals surface area (Å²) in [6.45, 7) is 4.60. The van der Waals surface area contributed by atoms with Gasteiger partial charge in [0.1, 0.15) is 11.5 Å². The van der Waals surface area contributed by atoms with Crippen LogP contribution in [0.3, 0.4) is 0 Å². The van der Waals surface area contributed by atoms with Crippen LogP contribution in [0.5, 0.6) is 11.5 Å². The summed E-state index contributed by atoms with van der Waals surface area (Å²) in [5, 5.41) is 3.24. The first kappa shape index (κ1) is 16.6. The molecule has 0 atom stereocenters. The topological polar surface area (TPSA) is 30.5 Å². The third-order valence-corrected chi connectivity index (χ3v) is 2.57. The van der Waals surface area contributed by atoms with Crippen molar-refractivity contribution in [3.8, 4) is 11.5 Å². The minimum atomic E-state index is -4.66. The van der Waals surface area contributed by atoms with Crippen LogP contribution in [0.4, 0.5) is 13.2 Å². The molecule has 1 N–H and O–H groups in total. The van der Waals surface area contributed by atoms with E-state index in [0.717, 1.165) is 32.4 Å². The zero-order valence-electron chi connectivity index (χ0n) is 11.5. The van der Waals surface area contributed by atoms with Crippen LogP contribution in [0.2, 0.25) is 0 Å². The predicted molar refractivity (Wildman–Crippen MR) is 71.0 cm³/mol. The maximum atomic E-state index is 12.0. The zero-order valence-corrected chi connectivity index (χ0v) is 11.5.